The maximum absolute atomic E-state index is 12.5. The standard InChI is InChI=1S/C21H23NO5/c1-4-27-21(25)15-7-5-6-8-17(15)22-20(24)12-10-18(23)16-13-14(2)9-11-19(16)26-3/h5-9,11,13H,4,10,12H2,1-3H3,(H,22,24). The molecule has 0 spiro atoms. The predicted molar refractivity (Wildman–Crippen MR) is 102 cm³/mol. The topological polar surface area (TPSA) is 81.7 Å². The number of methoxy groups -OCH3 is 1. The lowest BCUT2D eigenvalue weighted by Crippen LogP contribution is -2.17. The highest BCUT2D eigenvalue weighted by atomic mass is 16.5. The predicted octanol–water partition coefficient (Wildman–Crippen LogP) is 3.78. The van der Waals surface area contributed by atoms with E-state index in [1.165, 1.54) is 7.11 Å². The number of carbonyl (C=O) groups excluding carboxylic acids is 3. The molecule has 0 aliphatic carbocycles. The summed E-state index contributed by atoms with van der Waals surface area (Å²) < 4.78 is 10.2. The second-order valence-electron chi connectivity index (χ2n) is 5.94. The van der Waals surface area contributed by atoms with Gasteiger partial charge in [0.05, 0.1) is 30.5 Å². The van der Waals surface area contributed by atoms with Crippen molar-refractivity contribution in [2.75, 3.05) is 19.0 Å². The maximum atomic E-state index is 12.5. The first-order valence-corrected chi connectivity index (χ1v) is 8.70. The summed E-state index contributed by atoms with van der Waals surface area (Å²) >= 11 is 0. The van der Waals surface area contributed by atoms with E-state index in [1.54, 1.807) is 43.3 Å². The van der Waals surface area contributed by atoms with Gasteiger partial charge in [0.25, 0.3) is 0 Å². The molecular weight excluding hydrogens is 346 g/mol. The largest absolute Gasteiger partial charge is 0.496 e. The summed E-state index contributed by atoms with van der Waals surface area (Å²) in [6.45, 7) is 3.84. The van der Waals surface area contributed by atoms with Crippen molar-refractivity contribution in [2.24, 2.45) is 0 Å². The van der Waals surface area contributed by atoms with Gasteiger partial charge in [-0.15, -0.1) is 0 Å². The second kappa shape index (κ2) is 9.52. The molecule has 27 heavy (non-hydrogen) atoms. The van der Waals surface area contributed by atoms with E-state index in [9.17, 15) is 14.4 Å². The summed E-state index contributed by atoms with van der Waals surface area (Å²) in [5, 5.41) is 2.67. The fourth-order valence-corrected chi connectivity index (χ4v) is 2.59. The zero-order chi connectivity index (χ0) is 19.8. The molecule has 2 aromatic carbocycles. The number of ether oxygens (including phenoxy) is 2. The summed E-state index contributed by atoms with van der Waals surface area (Å²) in [4.78, 5) is 36.7. The number of benzene rings is 2. The van der Waals surface area contributed by atoms with Crippen LogP contribution in [0.5, 0.6) is 5.75 Å². The molecule has 1 N–H and O–H groups in total. The van der Waals surface area contributed by atoms with Gasteiger partial charge >= 0.3 is 5.97 Å². The first kappa shape index (κ1) is 20.2. The average Bonchev–Trinajstić information content (AvgIpc) is 2.66. The molecule has 0 aliphatic heterocycles. The first-order chi connectivity index (χ1) is 13.0. The van der Waals surface area contributed by atoms with Gasteiger partial charge in [-0.05, 0) is 38.1 Å². The van der Waals surface area contributed by atoms with Crippen molar-refractivity contribution >= 4 is 23.3 Å². The number of amides is 1. The number of carbonyl (C=O) groups is 3. The monoisotopic (exact) mass is 369 g/mol. The Bertz CT molecular complexity index is 844. The Kier molecular flexibility index (Phi) is 7.11. The Morgan fingerprint density at radius 1 is 1.00 bits per heavy atom. The quantitative estimate of drug-likeness (QED) is 0.566. The Hall–Kier alpha value is -3.15. The van der Waals surface area contributed by atoms with Crippen molar-refractivity contribution in [1.82, 2.24) is 0 Å². The highest BCUT2D eigenvalue weighted by Gasteiger charge is 2.17. The van der Waals surface area contributed by atoms with Crippen molar-refractivity contribution in [1.29, 1.82) is 0 Å². The fraction of sp³-hybridized carbons (Fsp3) is 0.286. The molecule has 142 valence electrons. The van der Waals surface area contributed by atoms with Crippen LogP contribution in [0.15, 0.2) is 42.5 Å². The molecule has 0 atom stereocenters. The van der Waals surface area contributed by atoms with Gasteiger partial charge in [-0.3, -0.25) is 9.59 Å². The summed E-state index contributed by atoms with van der Waals surface area (Å²) in [7, 11) is 1.50. The number of hydrogen-bond donors (Lipinski definition) is 1. The number of hydrogen-bond acceptors (Lipinski definition) is 5. The van der Waals surface area contributed by atoms with Gasteiger partial charge in [-0.1, -0.05) is 23.8 Å². The Morgan fingerprint density at radius 2 is 1.74 bits per heavy atom. The molecule has 0 aromatic heterocycles. The minimum atomic E-state index is -0.506. The average molecular weight is 369 g/mol. The third kappa shape index (κ3) is 5.41. The zero-order valence-corrected chi connectivity index (χ0v) is 15.7. The lowest BCUT2D eigenvalue weighted by molar-refractivity contribution is -0.116. The van der Waals surface area contributed by atoms with Crippen LogP contribution < -0.4 is 10.1 Å². The second-order valence-corrected chi connectivity index (χ2v) is 5.94. The molecule has 0 saturated heterocycles. The number of anilines is 1. The Labute approximate surface area is 158 Å². The van der Waals surface area contributed by atoms with E-state index in [1.807, 2.05) is 13.0 Å². The SMILES string of the molecule is CCOC(=O)c1ccccc1NC(=O)CCC(=O)c1cc(C)ccc1OC. The number of nitrogens with one attached hydrogen (secondary N) is 1. The Morgan fingerprint density at radius 3 is 2.44 bits per heavy atom. The van der Waals surface area contributed by atoms with Crippen LogP contribution in [0.3, 0.4) is 0 Å². The normalized spacial score (nSPS) is 10.2. The van der Waals surface area contributed by atoms with Crippen LogP contribution in [0.25, 0.3) is 0 Å². The molecule has 0 saturated carbocycles. The lowest BCUT2D eigenvalue weighted by atomic mass is 10.0. The van der Waals surface area contributed by atoms with Crippen LogP contribution in [-0.2, 0) is 9.53 Å². The molecule has 2 aromatic rings. The van der Waals surface area contributed by atoms with Crippen LogP contribution in [-0.4, -0.2) is 31.4 Å². The smallest absolute Gasteiger partial charge is 0.340 e. The Balaban J connectivity index is 2.02. The number of rotatable bonds is 8. The van der Waals surface area contributed by atoms with Gasteiger partial charge in [0.1, 0.15) is 5.75 Å². The third-order valence-electron chi connectivity index (χ3n) is 3.93. The van der Waals surface area contributed by atoms with E-state index in [2.05, 4.69) is 5.32 Å². The van der Waals surface area contributed by atoms with Crippen molar-refractivity contribution in [2.45, 2.75) is 26.7 Å². The van der Waals surface area contributed by atoms with Crippen molar-refractivity contribution in [3.05, 3.63) is 59.2 Å². The van der Waals surface area contributed by atoms with Gasteiger partial charge in [-0.2, -0.15) is 0 Å². The van der Waals surface area contributed by atoms with Crippen molar-refractivity contribution in [3.8, 4) is 5.75 Å². The van der Waals surface area contributed by atoms with Crippen LogP contribution in [0.2, 0.25) is 0 Å². The third-order valence-corrected chi connectivity index (χ3v) is 3.93. The fourth-order valence-electron chi connectivity index (χ4n) is 2.59. The van der Waals surface area contributed by atoms with Crippen molar-refractivity contribution in [3.63, 3.8) is 0 Å². The number of para-hydroxylation sites is 1. The molecule has 0 bridgehead atoms. The van der Waals surface area contributed by atoms with E-state index < -0.39 is 5.97 Å². The molecule has 0 fully saturated rings. The summed E-state index contributed by atoms with van der Waals surface area (Å²) in [5.41, 5.74) is 2.03. The van der Waals surface area contributed by atoms with Crippen LogP contribution in [0, 0.1) is 6.92 Å². The zero-order valence-electron chi connectivity index (χ0n) is 15.7. The van der Waals surface area contributed by atoms with Gasteiger partial charge in [0.2, 0.25) is 5.91 Å². The number of Topliss-reactive ketones (excluding diaryl/α,β-unsaturated/α-hetero) is 1. The first-order valence-electron chi connectivity index (χ1n) is 8.70. The minimum absolute atomic E-state index is 0.00686. The summed E-state index contributed by atoms with van der Waals surface area (Å²) in [6, 6.07) is 11.9. The van der Waals surface area contributed by atoms with Crippen LogP contribution >= 0.6 is 0 Å². The number of esters is 1. The molecule has 2 rings (SSSR count). The van der Waals surface area contributed by atoms with E-state index in [0.717, 1.165) is 5.56 Å². The van der Waals surface area contributed by atoms with Gasteiger partial charge in [0.15, 0.2) is 5.78 Å². The van der Waals surface area contributed by atoms with Gasteiger partial charge in [-0.25, -0.2) is 4.79 Å². The summed E-state index contributed by atoms with van der Waals surface area (Å²) in [6.07, 6.45) is 0.0281. The van der Waals surface area contributed by atoms with E-state index >= 15 is 0 Å². The number of aryl methyl sites for hydroxylation is 1. The molecule has 1 amide bonds. The molecule has 0 unspecified atom stereocenters. The minimum Gasteiger partial charge on any atom is -0.496 e. The molecule has 0 heterocycles. The van der Waals surface area contributed by atoms with Gasteiger partial charge in [0, 0.05) is 12.8 Å². The molecule has 6 heteroatoms. The lowest BCUT2D eigenvalue weighted by Gasteiger charge is -2.11. The molecule has 6 nitrogen and oxygen atoms in total. The summed E-state index contributed by atoms with van der Waals surface area (Å²) in [5.74, 6) is -0.552. The van der Waals surface area contributed by atoms with Crippen LogP contribution in [0.1, 0.15) is 46.0 Å². The highest BCUT2D eigenvalue weighted by Crippen LogP contribution is 2.22. The van der Waals surface area contributed by atoms with E-state index in [0.29, 0.717) is 17.0 Å². The maximum Gasteiger partial charge on any atom is 0.340 e. The van der Waals surface area contributed by atoms with Crippen LogP contribution in [0.4, 0.5) is 5.69 Å². The molecular formula is C21H23NO5. The molecule has 0 aliphatic rings. The van der Waals surface area contributed by atoms with E-state index in [4.69, 9.17) is 9.47 Å². The van der Waals surface area contributed by atoms with Gasteiger partial charge < -0.3 is 14.8 Å². The number of ketones is 1. The van der Waals surface area contributed by atoms with E-state index in [-0.39, 0.29) is 36.7 Å². The van der Waals surface area contributed by atoms with Crippen molar-refractivity contribution < 1.29 is 23.9 Å². The highest BCUT2D eigenvalue weighted by molar-refractivity contribution is 6.04. The molecule has 0 radical (unpaired) electrons.